The molecule has 0 bridgehead atoms. The van der Waals surface area contributed by atoms with Gasteiger partial charge in [-0.2, -0.15) is 0 Å². The minimum Gasteiger partial charge on any atom is -0.307 e. The maximum Gasteiger partial charge on any atom is 0.231 e. The van der Waals surface area contributed by atoms with Gasteiger partial charge in [0.1, 0.15) is 0 Å². The Labute approximate surface area is 179 Å². The zero-order valence-corrected chi connectivity index (χ0v) is 18.1. The number of carbonyl (C=O) groups excluding carboxylic acids is 1. The fraction of sp³-hybridized carbons (Fsp3) is 0.174. The molecule has 0 aliphatic carbocycles. The maximum absolute atomic E-state index is 13.3. The molecule has 1 aliphatic rings. The van der Waals surface area contributed by atoms with E-state index in [9.17, 15) is 13.2 Å². The SMILES string of the molecule is O=C1[C@H](CS(=O)(=O)c2ccccc2)Cc2cc(Br)ccc2N1Cc1ccccc1. The number of benzene rings is 3. The summed E-state index contributed by atoms with van der Waals surface area (Å²) in [6.07, 6.45) is 0.408. The number of hydrogen-bond donors (Lipinski definition) is 0. The van der Waals surface area contributed by atoms with E-state index >= 15 is 0 Å². The van der Waals surface area contributed by atoms with Gasteiger partial charge < -0.3 is 4.90 Å². The van der Waals surface area contributed by atoms with Crippen molar-refractivity contribution in [2.75, 3.05) is 10.7 Å². The van der Waals surface area contributed by atoms with Crippen molar-refractivity contribution < 1.29 is 13.2 Å². The zero-order chi connectivity index (χ0) is 20.4. The van der Waals surface area contributed by atoms with Crippen LogP contribution in [0.15, 0.2) is 88.2 Å². The fourth-order valence-corrected chi connectivity index (χ4v) is 5.68. The highest BCUT2D eigenvalue weighted by molar-refractivity contribution is 9.10. The van der Waals surface area contributed by atoms with E-state index in [2.05, 4.69) is 15.9 Å². The second-order valence-corrected chi connectivity index (χ2v) is 10.1. The summed E-state index contributed by atoms with van der Waals surface area (Å²) in [6.45, 7) is 0.413. The number of amides is 1. The predicted octanol–water partition coefficient (Wildman–Crippen LogP) is 4.63. The summed E-state index contributed by atoms with van der Waals surface area (Å²) in [5.74, 6) is -0.971. The minimum atomic E-state index is -3.56. The highest BCUT2D eigenvalue weighted by atomic mass is 79.9. The number of carbonyl (C=O) groups is 1. The summed E-state index contributed by atoms with van der Waals surface area (Å²) in [6, 6.07) is 23.9. The van der Waals surface area contributed by atoms with Crippen LogP contribution in [-0.2, 0) is 27.6 Å². The molecule has 1 amide bonds. The molecule has 4 rings (SSSR count). The van der Waals surface area contributed by atoms with Gasteiger partial charge in [-0.1, -0.05) is 64.5 Å². The second kappa shape index (κ2) is 8.13. The molecule has 148 valence electrons. The van der Waals surface area contributed by atoms with E-state index in [1.807, 2.05) is 48.5 Å². The van der Waals surface area contributed by atoms with Crippen LogP contribution in [0.1, 0.15) is 11.1 Å². The molecule has 0 aromatic heterocycles. The normalized spacial score (nSPS) is 16.5. The second-order valence-electron chi connectivity index (χ2n) is 7.18. The Hall–Kier alpha value is -2.44. The first-order valence-electron chi connectivity index (χ1n) is 9.35. The van der Waals surface area contributed by atoms with Gasteiger partial charge in [0.05, 0.1) is 23.1 Å². The number of hydrogen-bond acceptors (Lipinski definition) is 3. The van der Waals surface area contributed by atoms with E-state index in [0.717, 1.165) is 21.3 Å². The molecule has 0 saturated heterocycles. The molecule has 3 aromatic rings. The molecule has 6 heteroatoms. The van der Waals surface area contributed by atoms with Crippen molar-refractivity contribution in [1.29, 1.82) is 0 Å². The summed E-state index contributed by atoms with van der Waals surface area (Å²) in [5.41, 5.74) is 2.82. The molecule has 4 nitrogen and oxygen atoms in total. The van der Waals surface area contributed by atoms with Crippen molar-refractivity contribution in [3.8, 4) is 0 Å². The highest BCUT2D eigenvalue weighted by Crippen LogP contribution is 2.35. The van der Waals surface area contributed by atoms with Gasteiger partial charge in [-0.25, -0.2) is 8.42 Å². The molecule has 29 heavy (non-hydrogen) atoms. The van der Waals surface area contributed by atoms with E-state index in [4.69, 9.17) is 0 Å². The molecular weight excluding hydrogens is 450 g/mol. The molecule has 1 aliphatic heterocycles. The van der Waals surface area contributed by atoms with E-state index in [0.29, 0.717) is 13.0 Å². The standard InChI is InChI=1S/C23H20BrNO3S/c24-20-11-12-22-18(14-20)13-19(16-29(27,28)21-9-5-2-6-10-21)23(26)25(22)15-17-7-3-1-4-8-17/h1-12,14,19H,13,15-16H2/t19-/m0/s1. The number of halogens is 1. The maximum atomic E-state index is 13.3. The van der Waals surface area contributed by atoms with E-state index in [-0.39, 0.29) is 16.6 Å². The van der Waals surface area contributed by atoms with E-state index in [1.54, 1.807) is 35.2 Å². The lowest BCUT2D eigenvalue weighted by Crippen LogP contribution is -2.43. The summed E-state index contributed by atoms with van der Waals surface area (Å²) in [7, 11) is -3.56. The molecule has 0 saturated carbocycles. The third kappa shape index (κ3) is 4.28. The topological polar surface area (TPSA) is 54.5 Å². The molecular formula is C23H20BrNO3S. The number of fused-ring (bicyclic) bond motifs is 1. The van der Waals surface area contributed by atoms with Gasteiger partial charge in [0.2, 0.25) is 5.91 Å². The van der Waals surface area contributed by atoms with Crippen molar-refractivity contribution in [1.82, 2.24) is 0 Å². The predicted molar refractivity (Wildman–Crippen MR) is 117 cm³/mol. The number of sulfone groups is 1. The Bertz CT molecular complexity index is 1130. The van der Waals surface area contributed by atoms with E-state index in [1.165, 1.54) is 0 Å². The lowest BCUT2D eigenvalue weighted by Gasteiger charge is -2.34. The Morgan fingerprint density at radius 1 is 0.931 bits per heavy atom. The molecule has 0 fully saturated rings. The van der Waals surface area contributed by atoms with E-state index < -0.39 is 15.8 Å². The summed E-state index contributed by atoms with van der Waals surface area (Å²) in [4.78, 5) is 15.3. The van der Waals surface area contributed by atoms with Crippen LogP contribution in [0, 0.1) is 5.92 Å². The third-order valence-corrected chi connectivity index (χ3v) is 7.45. The van der Waals surface area contributed by atoms with Crippen LogP contribution in [0.2, 0.25) is 0 Å². The zero-order valence-electron chi connectivity index (χ0n) is 15.7. The Morgan fingerprint density at radius 3 is 2.28 bits per heavy atom. The summed E-state index contributed by atoms with van der Waals surface area (Å²) in [5, 5.41) is 0. The molecule has 0 unspecified atom stereocenters. The van der Waals surface area contributed by atoms with Crippen molar-refractivity contribution in [2.24, 2.45) is 5.92 Å². The van der Waals surface area contributed by atoms with Crippen LogP contribution in [0.25, 0.3) is 0 Å². The van der Waals surface area contributed by atoms with Gasteiger partial charge in [-0.15, -0.1) is 0 Å². The van der Waals surface area contributed by atoms with Crippen LogP contribution >= 0.6 is 15.9 Å². The van der Waals surface area contributed by atoms with Crippen molar-refractivity contribution in [3.05, 3.63) is 94.5 Å². The van der Waals surface area contributed by atoms with Gasteiger partial charge in [-0.3, -0.25) is 4.79 Å². The van der Waals surface area contributed by atoms with Crippen molar-refractivity contribution in [2.45, 2.75) is 17.9 Å². The highest BCUT2D eigenvalue weighted by Gasteiger charge is 2.36. The largest absolute Gasteiger partial charge is 0.307 e. The Kier molecular flexibility index (Phi) is 5.56. The van der Waals surface area contributed by atoms with Crippen LogP contribution in [-0.4, -0.2) is 20.1 Å². The lowest BCUT2D eigenvalue weighted by atomic mass is 9.92. The summed E-state index contributed by atoms with van der Waals surface area (Å²) < 4.78 is 26.7. The molecule has 1 atom stereocenters. The molecule has 0 radical (unpaired) electrons. The van der Waals surface area contributed by atoms with Crippen LogP contribution in [0.4, 0.5) is 5.69 Å². The minimum absolute atomic E-state index is 0.150. The Balaban J connectivity index is 1.68. The number of rotatable bonds is 5. The monoisotopic (exact) mass is 469 g/mol. The first kappa shape index (κ1) is 19.9. The van der Waals surface area contributed by atoms with Gasteiger partial charge in [0.15, 0.2) is 9.84 Å². The van der Waals surface area contributed by atoms with Gasteiger partial charge in [0.25, 0.3) is 0 Å². The number of nitrogens with zero attached hydrogens (tertiary/aromatic N) is 1. The fourth-order valence-electron chi connectivity index (χ4n) is 3.72. The van der Waals surface area contributed by atoms with Crippen LogP contribution in [0.3, 0.4) is 0 Å². The first-order valence-corrected chi connectivity index (χ1v) is 11.8. The summed E-state index contributed by atoms with van der Waals surface area (Å²) >= 11 is 3.49. The van der Waals surface area contributed by atoms with Gasteiger partial charge in [-0.05, 0) is 47.9 Å². The van der Waals surface area contributed by atoms with Gasteiger partial charge in [0, 0.05) is 10.2 Å². The van der Waals surface area contributed by atoms with Crippen LogP contribution < -0.4 is 4.90 Å². The van der Waals surface area contributed by atoms with Gasteiger partial charge >= 0.3 is 0 Å². The molecule has 1 heterocycles. The third-order valence-electron chi connectivity index (χ3n) is 5.12. The quantitative estimate of drug-likeness (QED) is 0.547. The lowest BCUT2D eigenvalue weighted by molar-refractivity contribution is -0.122. The molecule has 0 spiro atoms. The number of anilines is 1. The van der Waals surface area contributed by atoms with Crippen molar-refractivity contribution in [3.63, 3.8) is 0 Å². The molecule has 3 aromatic carbocycles. The smallest absolute Gasteiger partial charge is 0.231 e. The average molecular weight is 470 g/mol. The van der Waals surface area contributed by atoms with Crippen LogP contribution in [0.5, 0.6) is 0 Å². The Morgan fingerprint density at radius 2 is 1.59 bits per heavy atom. The molecule has 0 N–H and O–H groups in total. The van der Waals surface area contributed by atoms with Crippen molar-refractivity contribution >= 4 is 37.4 Å². The average Bonchev–Trinajstić information content (AvgIpc) is 2.72. The first-order chi connectivity index (χ1) is 13.9.